The second kappa shape index (κ2) is 14.6. The molecule has 0 N–H and O–H groups in total. The van der Waals surface area contributed by atoms with Crippen LogP contribution in [0.5, 0.6) is 11.5 Å². The van der Waals surface area contributed by atoms with Crippen molar-refractivity contribution >= 4 is 44.9 Å². The van der Waals surface area contributed by atoms with E-state index in [4.69, 9.17) is 24.7 Å². The largest absolute Gasteiger partial charge is 0.496 e. The molecule has 0 amide bonds. The van der Waals surface area contributed by atoms with Gasteiger partial charge in [-0.1, -0.05) is 109 Å². The van der Waals surface area contributed by atoms with Crippen molar-refractivity contribution in [2.75, 3.05) is 7.05 Å². The molecule has 0 spiro atoms. The lowest BCUT2D eigenvalue weighted by atomic mass is 9.86. The highest BCUT2D eigenvalue weighted by atomic mass is 16.5. The Balaban J connectivity index is 1.25. The second-order valence-corrected chi connectivity index (χ2v) is 17.0. The molecule has 10 rings (SSSR count). The highest BCUT2D eigenvalue weighted by molar-refractivity contribution is 6.11. The third-order valence-electron chi connectivity index (χ3n) is 11.4. The summed E-state index contributed by atoms with van der Waals surface area (Å²) in [6.07, 6.45) is 1.87. The van der Waals surface area contributed by atoms with Gasteiger partial charge in [-0.25, -0.2) is 19.9 Å². The number of fused-ring (bicyclic) bond motifs is 4. The SMILES string of the molecule is Cc1ccc(-c2nc(-c3ccc(C)cc3)nc(-c3cc4c5cc(C(C)(C)C)ccc5n(-c5cc(C)ccn5)c4cc3Oc3cccc([N+]4=C=[N+](C)c5ccccc54)c3)n2)cc1. The molecule has 1 aliphatic heterocycles. The van der Waals surface area contributed by atoms with E-state index in [2.05, 4.69) is 160 Å². The quantitative estimate of drug-likeness (QED) is 0.150. The van der Waals surface area contributed by atoms with Crippen LogP contribution in [-0.4, -0.2) is 42.1 Å². The Morgan fingerprint density at radius 3 is 1.92 bits per heavy atom. The van der Waals surface area contributed by atoms with E-state index in [0.29, 0.717) is 29.0 Å². The van der Waals surface area contributed by atoms with Gasteiger partial charge in [0.2, 0.25) is 5.69 Å². The number of aromatic nitrogens is 5. The number of pyridine rings is 1. The molecule has 61 heavy (non-hydrogen) atoms. The topological polar surface area (TPSA) is 71.7 Å². The number of rotatable bonds is 7. The Morgan fingerprint density at radius 2 is 1.25 bits per heavy atom. The first-order valence-electron chi connectivity index (χ1n) is 20.6. The Labute approximate surface area is 355 Å². The average Bonchev–Trinajstić information content (AvgIpc) is 3.77. The van der Waals surface area contributed by atoms with Gasteiger partial charge in [-0.3, -0.25) is 4.57 Å². The molecule has 8 nitrogen and oxygen atoms in total. The number of hydrogen-bond donors (Lipinski definition) is 0. The summed E-state index contributed by atoms with van der Waals surface area (Å²) in [7, 11) is 2.01. The molecule has 0 bridgehead atoms. The Kier molecular flexibility index (Phi) is 9.04. The van der Waals surface area contributed by atoms with Crippen LogP contribution in [0.25, 0.3) is 61.8 Å². The lowest BCUT2D eigenvalue weighted by Gasteiger charge is -2.19. The molecule has 8 heteroatoms. The summed E-state index contributed by atoms with van der Waals surface area (Å²) in [5.41, 5.74) is 12.2. The minimum absolute atomic E-state index is 0.0687. The van der Waals surface area contributed by atoms with Gasteiger partial charge >= 0.3 is 6.01 Å². The molecule has 0 atom stereocenters. The van der Waals surface area contributed by atoms with E-state index in [0.717, 1.165) is 78.1 Å². The molecule has 0 saturated carbocycles. The van der Waals surface area contributed by atoms with E-state index >= 15 is 0 Å². The monoisotopic (exact) mass is 795 g/mol. The van der Waals surface area contributed by atoms with Gasteiger partial charge in [-0.05, 0) is 78.3 Å². The third-order valence-corrected chi connectivity index (χ3v) is 11.4. The summed E-state index contributed by atoms with van der Waals surface area (Å²) in [6, 6.07) is 51.7. The van der Waals surface area contributed by atoms with E-state index < -0.39 is 0 Å². The number of benzene rings is 6. The van der Waals surface area contributed by atoms with Gasteiger partial charge in [0, 0.05) is 52.4 Å². The van der Waals surface area contributed by atoms with Gasteiger partial charge in [0.15, 0.2) is 24.5 Å². The first-order valence-corrected chi connectivity index (χ1v) is 20.6. The fraction of sp³-hybridized carbons (Fsp3) is 0.151. The van der Waals surface area contributed by atoms with Crippen molar-refractivity contribution in [3.8, 4) is 51.5 Å². The summed E-state index contributed by atoms with van der Waals surface area (Å²) in [4.78, 5) is 20.4. The number of aryl methyl sites for hydroxylation is 3. The average molecular weight is 796 g/mol. The molecule has 1 aliphatic rings. The van der Waals surface area contributed by atoms with Crippen molar-refractivity contribution < 1.29 is 9.31 Å². The fourth-order valence-electron chi connectivity index (χ4n) is 8.03. The number of para-hydroxylation sites is 2. The number of ether oxygens (including phenoxy) is 1. The fourth-order valence-corrected chi connectivity index (χ4v) is 8.03. The van der Waals surface area contributed by atoms with Gasteiger partial charge in [-0.2, -0.15) is 0 Å². The minimum Gasteiger partial charge on any atom is -0.456 e. The second-order valence-electron chi connectivity index (χ2n) is 17.0. The molecular weight excluding hydrogens is 751 g/mol. The van der Waals surface area contributed by atoms with E-state index in [-0.39, 0.29) is 5.41 Å². The van der Waals surface area contributed by atoms with Crippen molar-refractivity contribution in [2.24, 2.45) is 0 Å². The normalized spacial score (nSPS) is 12.4. The molecule has 0 unspecified atom stereocenters. The van der Waals surface area contributed by atoms with Crippen LogP contribution in [0.15, 0.2) is 146 Å². The maximum Gasteiger partial charge on any atom is 0.496 e. The molecule has 0 radical (unpaired) electrons. The van der Waals surface area contributed by atoms with E-state index in [1.54, 1.807) is 0 Å². The van der Waals surface area contributed by atoms with Crippen molar-refractivity contribution in [1.82, 2.24) is 29.1 Å². The Morgan fingerprint density at radius 1 is 0.590 bits per heavy atom. The van der Waals surface area contributed by atoms with Crippen molar-refractivity contribution in [2.45, 2.75) is 47.0 Å². The number of nitrogens with zero attached hydrogens (tertiary/aromatic N) is 7. The summed E-state index contributed by atoms with van der Waals surface area (Å²) < 4.78 is 13.4. The highest BCUT2D eigenvalue weighted by Crippen LogP contribution is 2.43. The van der Waals surface area contributed by atoms with Crippen LogP contribution < -0.4 is 9.31 Å². The van der Waals surface area contributed by atoms with Crippen LogP contribution >= 0.6 is 0 Å². The van der Waals surface area contributed by atoms with Crippen LogP contribution in [-0.2, 0) is 5.41 Å². The van der Waals surface area contributed by atoms with Gasteiger partial charge in [0.1, 0.15) is 17.3 Å². The highest BCUT2D eigenvalue weighted by Gasteiger charge is 2.32. The molecule has 9 aromatic rings. The van der Waals surface area contributed by atoms with Crippen molar-refractivity contribution in [3.05, 3.63) is 168 Å². The van der Waals surface area contributed by atoms with E-state index in [1.165, 1.54) is 5.56 Å². The molecular formula is C53H45N7O+2. The zero-order chi connectivity index (χ0) is 42.0. The molecule has 296 valence electrons. The van der Waals surface area contributed by atoms with Crippen molar-refractivity contribution in [3.63, 3.8) is 0 Å². The van der Waals surface area contributed by atoms with Crippen molar-refractivity contribution in [1.29, 1.82) is 0 Å². The van der Waals surface area contributed by atoms with Gasteiger partial charge < -0.3 is 4.74 Å². The molecule has 0 aliphatic carbocycles. The first-order chi connectivity index (χ1) is 29.5. The number of hydrogen-bond acceptors (Lipinski definition) is 5. The standard InChI is InChI=1S/C53H45N7O/c1-33-15-19-36(20-16-33)50-55-51(37-21-17-34(2)18-22-37)57-52(56-50)43-30-42-41-28-38(53(4,5)6)23-24-44(41)60(49-27-35(3)25-26-54-49)47(42)31-48(43)61-40-12-10-11-39(29-40)59-32-58(7)45-13-8-9-14-46(45)59/h8-31H,1-7H3/q+2. The molecule has 6 aromatic carbocycles. The maximum atomic E-state index is 7.10. The van der Waals surface area contributed by atoms with Gasteiger partial charge in [-0.15, -0.1) is 0 Å². The molecule has 4 heterocycles. The van der Waals surface area contributed by atoms with Gasteiger partial charge in [0.05, 0.1) is 22.7 Å². The zero-order valence-corrected chi connectivity index (χ0v) is 35.4. The summed E-state index contributed by atoms with van der Waals surface area (Å²) >= 11 is 0. The van der Waals surface area contributed by atoms with Crippen LogP contribution in [0.2, 0.25) is 0 Å². The van der Waals surface area contributed by atoms with E-state index in [1.807, 2.05) is 54.2 Å². The lowest BCUT2D eigenvalue weighted by Crippen LogP contribution is -2.10. The third kappa shape index (κ3) is 6.97. The predicted molar refractivity (Wildman–Crippen MR) is 246 cm³/mol. The lowest BCUT2D eigenvalue weighted by molar-refractivity contribution is -0.394. The van der Waals surface area contributed by atoms with Gasteiger partial charge in [0.25, 0.3) is 11.4 Å². The summed E-state index contributed by atoms with van der Waals surface area (Å²) in [5, 5.41) is 2.14. The smallest absolute Gasteiger partial charge is 0.456 e. The molecule has 0 saturated heterocycles. The Bertz CT molecular complexity index is 3210. The minimum atomic E-state index is -0.0687. The maximum absolute atomic E-state index is 7.10. The summed E-state index contributed by atoms with van der Waals surface area (Å²) in [6.45, 7) is 13.0. The van der Waals surface area contributed by atoms with Crippen LogP contribution in [0, 0.1) is 20.8 Å². The van der Waals surface area contributed by atoms with Crippen LogP contribution in [0.4, 0.5) is 17.1 Å². The zero-order valence-electron chi connectivity index (χ0n) is 35.4. The Hall–Kier alpha value is -7.54. The predicted octanol–water partition coefficient (Wildman–Crippen LogP) is 12.7. The molecule has 3 aromatic heterocycles. The van der Waals surface area contributed by atoms with E-state index in [9.17, 15) is 0 Å². The first kappa shape index (κ1) is 37.7. The van der Waals surface area contributed by atoms with Crippen LogP contribution in [0.3, 0.4) is 0 Å². The molecule has 0 fully saturated rings. The summed E-state index contributed by atoms with van der Waals surface area (Å²) in [5.74, 6) is 3.75. The van der Waals surface area contributed by atoms with Crippen LogP contribution in [0.1, 0.15) is 43.0 Å².